The van der Waals surface area contributed by atoms with E-state index in [1.165, 1.54) is 19.3 Å². The summed E-state index contributed by atoms with van der Waals surface area (Å²) >= 11 is 0. The van der Waals surface area contributed by atoms with Gasteiger partial charge in [-0.15, -0.1) is 0 Å². The third-order valence-corrected chi connectivity index (χ3v) is 3.29. The maximum Gasteiger partial charge on any atom is 0.138 e. The third kappa shape index (κ3) is 3.50. The molecule has 76 valence electrons. The Morgan fingerprint density at radius 1 is 1.31 bits per heavy atom. The van der Waals surface area contributed by atoms with Crippen LogP contribution in [-0.2, 0) is 4.79 Å². The lowest BCUT2D eigenvalue weighted by atomic mass is 9.90. The van der Waals surface area contributed by atoms with Gasteiger partial charge >= 0.3 is 0 Å². The van der Waals surface area contributed by atoms with E-state index in [9.17, 15) is 4.79 Å². The molecule has 0 aromatic rings. The van der Waals surface area contributed by atoms with E-state index >= 15 is 0 Å². The number of carbonyl (C=O) groups is 1. The van der Waals surface area contributed by atoms with Gasteiger partial charge in [0, 0.05) is 11.8 Å². The smallest absolute Gasteiger partial charge is 0.138 e. The number of rotatable bonds is 6. The van der Waals surface area contributed by atoms with Crippen molar-refractivity contribution in [3.63, 3.8) is 0 Å². The summed E-state index contributed by atoms with van der Waals surface area (Å²) in [6.07, 6.45) is 6.21. The van der Waals surface area contributed by atoms with Crippen molar-refractivity contribution in [2.24, 2.45) is 17.8 Å². The Hall–Kier alpha value is -0.330. The van der Waals surface area contributed by atoms with Gasteiger partial charge < -0.3 is 0 Å². The Balaban J connectivity index is 2.19. The van der Waals surface area contributed by atoms with Crippen LogP contribution in [0, 0.1) is 17.8 Å². The van der Waals surface area contributed by atoms with Crippen molar-refractivity contribution in [1.82, 2.24) is 0 Å². The monoisotopic (exact) mass is 182 g/mol. The maximum atomic E-state index is 11.7. The molecule has 13 heavy (non-hydrogen) atoms. The zero-order valence-corrected chi connectivity index (χ0v) is 9.18. The minimum atomic E-state index is 0.272. The summed E-state index contributed by atoms with van der Waals surface area (Å²) in [4.78, 5) is 11.7. The molecule has 0 N–H and O–H groups in total. The molecular formula is C12H22O. The Kier molecular flexibility index (Phi) is 3.95. The molecule has 0 aromatic heterocycles. The minimum absolute atomic E-state index is 0.272. The molecular weight excluding hydrogens is 160 g/mol. The Morgan fingerprint density at radius 3 is 2.38 bits per heavy atom. The summed E-state index contributed by atoms with van der Waals surface area (Å²) in [6, 6.07) is 0. The average Bonchev–Trinajstić information content (AvgIpc) is 2.95. The molecule has 2 unspecified atom stereocenters. The summed E-state index contributed by atoms with van der Waals surface area (Å²) in [7, 11) is 0. The summed E-state index contributed by atoms with van der Waals surface area (Å²) in [5.41, 5.74) is 0. The molecule has 0 saturated heterocycles. The van der Waals surface area contributed by atoms with Crippen LogP contribution in [0.1, 0.15) is 52.9 Å². The molecule has 2 atom stereocenters. The highest BCUT2D eigenvalue weighted by Crippen LogP contribution is 2.35. The molecule has 1 aliphatic rings. The van der Waals surface area contributed by atoms with Crippen molar-refractivity contribution in [2.45, 2.75) is 52.9 Å². The number of carbonyl (C=O) groups excluding carboxylic acids is 1. The van der Waals surface area contributed by atoms with Crippen molar-refractivity contribution in [1.29, 1.82) is 0 Å². The summed E-state index contributed by atoms with van der Waals surface area (Å²) in [5.74, 6) is 2.01. The topological polar surface area (TPSA) is 17.1 Å². The first-order valence-corrected chi connectivity index (χ1v) is 5.68. The lowest BCUT2D eigenvalue weighted by molar-refractivity contribution is -0.126. The van der Waals surface area contributed by atoms with E-state index < -0.39 is 0 Å². The van der Waals surface area contributed by atoms with Crippen molar-refractivity contribution in [3.8, 4) is 0 Å². The highest BCUT2D eigenvalue weighted by atomic mass is 16.1. The molecule has 0 heterocycles. The Labute approximate surface area is 81.9 Å². The van der Waals surface area contributed by atoms with Gasteiger partial charge in [0.1, 0.15) is 5.78 Å². The second-order valence-electron chi connectivity index (χ2n) is 4.63. The standard InChI is InChI=1S/C12H22O/c1-4-9(2)12(13)10(3)5-6-11-7-8-11/h9-11H,4-8H2,1-3H3. The fraction of sp³-hybridized carbons (Fsp3) is 0.917. The second kappa shape index (κ2) is 4.78. The lowest BCUT2D eigenvalue weighted by Gasteiger charge is -2.14. The molecule has 1 saturated carbocycles. The molecule has 1 nitrogen and oxygen atoms in total. The average molecular weight is 182 g/mol. The molecule has 0 amide bonds. The summed E-state index contributed by atoms with van der Waals surface area (Å²) < 4.78 is 0. The van der Waals surface area contributed by atoms with E-state index in [0.717, 1.165) is 18.8 Å². The molecule has 0 aliphatic heterocycles. The van der Waals surface area contributed by atoms with Crippen LogP contribution in [0.5, 0.6) is 0 Å². The van der Waals surface area contributed by atoms with Crippen LogP contribution in [0.2, 0.25) is 0 Å². The van der Waals surface area contributed by atoms with Crippen molar-refractivity contribution in [3.05, 3.63) is 0 Å². The molecule has 0 radical (unpaired) electrons. The fourth-order valence-electron chi connectivity index (χ4n) is 1.72. The zero-order chi connectivity index (χ0) is 9.84. The molecule has 1 rings (SSSR count). The van der Waals surface area contributed by atoms with E-state index in [0.29, 0.717) is 11.7 Å². The van der Waals surface area contributed by atoms with Gasteiger partial charge in [-0.1, -0.05) is 33.6 Å². The zero-order valence-electron chi connectivity index (χ0n) is 9.18. The van der Waals surface area contributed by atoms with Crippen LogP contribution in [-0.4, -0.2) is 5.78 Å². The molecule has 0 spiro atoms. The van der Waals surface area contributed by atoms with Crippen LogP contribution in [0.4, 0.5) is 0 Å². The highest BCUT2D eigenvalue weighted by Gasteiger charge is 2.24. The van der Waals surface area contributed by atoms with E-state index in [2.05, 4.69) is 20.8 Å². The van der Waals surface area contributed by atoms with E-state index in [-0.39, 0.29) is 5.92 Å². The van der Waals surface area contributed by atoms with Gasteiger partial charge in [-0.05, 0) is 25.2 Å². The highest BCUT2D eigenvalue weighted by molar-refractivity contribution is 5.82. The van der Waals surface area contributed by atoms with Gasteiger partial charge in [-0.25, -0.2) is 0 Å². The quantitative estimate of drug-likeness (QED) is 0.615. The maximum absolute atomic E-state index is 11.7. The summed E-state index contributed by atoms with van der Waals surface area (Å²) in [5, 5.41) is 0. The Morgan fingerprint density at radius 2 is 1.92 bits per heavy atom. The van der Waals surface area contributed by atoms with Crippen LogP contribution < -0.4 is 0 Å². The number of hydrogen-bond acceptors (Lipinski definition) is 1. The molecule has 1 heteroatoms. The number of hydrogen-bond donors (Lipinski definition) is 0. The normalized spacial score (nSPS) is 21.2. The second-order valence-corrected chi connectivity index (χ2v) is 4.63. The van der Waals surface area contributed by atoms with Gasteiger partial charge in [0.2, 0.25) is 0 Å². The van der Waals surface area contributed by atoms with Crippen molar-refractivity contribution >= 4 is 5.78 Å². The van der Waals surface area contributed by atoms with Crippen LogP contribution in [0.25, 0.3) is 0 Å². The largest absolute Gasteiger partial charge is 0.299 e. The first kappa shape index (κ1) is 10.7. The van der Waals surface area contributed by atoms with Gasteiger partial charge in [-0.2, -0.15) is 0 Å². The summed E-state index contributed by atoms with van der Waals surface area (Å²) in [6.45, 7) is 6.24. The third-order valence-electron chi connectivity index (χ3n) is 3.29. The molecule has 0 aromatic carbocycles. The van der Waals surface area contributed by atoms with Crippen molar-refractivity contribution in [2.75, 3.05) is 0 Å². The van der Waals surface area contributed by atoms with Gasteiger partial charge in [0.05, 0.1) is 0 Å². The van der Waals surface area contributed by atoms with E-state index in [1.54, 1.807) is 0 Å². The number of ketones is 1. The first-order chi connectivity index (χ1) is 6.15. The molecule has 0 bridgehead atoms. The molecule has 1 fully saturated rings. The molecule has 1 aliphatic carbocycles. The van der Waals surface area contributed by atoms with E-state index in [1.807, 2.05) is 0 Å². The van der Waals surface area contributed by atoms with Gasteiger partial charge in [0.15, 0.2) is 0 Å². The van der Waals surface area contributed by atoms with Crippen molar-refractivity contribution < 1.29 is 4.79 Å². The van der Waals surface area contributed by atoms with Crippen LogP contribution >= 0.6 is 0 Å². The minimum Gasteiger partial charge on any atom is -0.299 e. The lowest BCUT2D eigenvalue weighted by Crippen LogP contribution is -2.18. The first-order valence-electron chi connectivity index (χ1n) is 5.68. The predicted molar refractivity (Wildman–Crippen MR) is 55.6 cm³/mol. The van der Waals surface area contributed by atoms with Gasteiger partial charge in [0.25, 0.3) is 0 Å². The predicted octanol–water partition coefficient (Wildman–Crippen LogP) is 3.43. The fourth-order valence-corrected chi connectivity index (χ4v) is 1.72. The Bertz CT molecular complexity index is 170. The van der Waals surface area contributed by atoms with Crippen LogP contribution in [0.3, 0.4) is 0 Å². The van der Waals surface area contributed by atoms with Crippen LogP contribution in [0.15, 0.2) is 0 Å². The SMILES string of the molecule is CCC(C)C(=O)C(C)CCC1CC1. The van der Waals surface area contributed by atoms with E-state index in [4.69, 9.17) is 0 Å². The number of Topliss-reactive ketones (excluding diaryl/α,β-unsaturated/α-hetero) is 1. The van der Waals surface area contributed by atoms with Gasteiger partial charge in [-0.3, -0.25) is 4.79 Å².